The summed E-state index contributed by atoms with van der Waals surface area (Å²) >= 11 is 0. The Bertz CT molecular complexity index is 1250. The Morgan fingerprint density at radius 3 is 2.55 bits per heavy atom. The fourth-order valence-electron chi connectivity index (χ4n) is 4.32. The van der Waals surface area contributed by atoms with Crippen molar-refractivity contribution in [1.29, 1.82) is 0 Å². The largest absolute Gasteiger partial charge is 0.356 e. The molecule has 1 N–H and O–H groups in total. The number of nitrogens with one attached hydrogen (secondary N) is 1. The average Bonchev–Trinajstić information content (AvgIpc) is 2.88. The highest BCUT2D eigenvalue weighted by atomic mass is 16.1. The highest BCUT2D eigenvalue weighted by Crippen LogP contribution is 2.30. The predicted octanol–water partition coefficient (Wildman–Crippen LogP) is 4.53. The van der Waals surface area contributed by atoms with E-state index in [4.69, 9.17) is 9.97 Å². The lowest BCUT2D eigenvalue weighted by molar-refractivity contribution is -0.125. The van der Waals surface area contributed by atoms with Crippen LogP contribution in [-0.4, -0.2) is 33.9 Å². The van der Waals surface area contributed by atoms with Crippen molar-refractivity contribution in [3.05, 3.63) is 84.2 Å². The van der Waals surface area contributed by atoms with Gasteiger partial charge in [0.2, 0.25) is 5.91 Å². The lowest BCUT2D eigenvalue weighted by Crippen LogP contribution is -2.40. The third-order valence-corrected chi connectivity index (χ3v) is 6.26. The Kier molecular flexibility index (Phi) is 5.98. The topological polar surface area (TPSA) is 71.0 Å². The van der Waals surface area contributed by atoms with Gasteiger partial charge in [0.1, 0.15) is 5.82 Å². The van der Waals surface area contributed by atoms with Gasteiger partial charge < -0.3 is 10.2 Å². The molecule has 6 nitrogen and oxygen atoms in total. The molecule has 1 amide bonds. The maximum atomic E-state index is 12.8. The Morgan fingerprint density at radius 2 is 1.79 bits per heavy atom. The second kappa shape index (κ2) is 9.36. The number of aryl methyl sites for hydroxylation is 1. The standard InChI is InChI=1S/C27H27N5O/c1-19-8-10-20(11-9-19)17-29-27(33)21-12-15-32(16-13-21)26-23-6-2-3-7-24(23)30-25(31-26)22-5-4-14-28-18-22/h2-11,14,18,21H,12-13,15-17H2,1H3,(H,29,33). The minimum Gasteiger partial charge on any atom is -0.356 e. The number of benzene rings is 2. The Hall–Kier alpha value is -3.80. The van der Waals surface area contributed by atoms with Crippen LogP contribution in [0, 0.1) is 12.8 Å². The van der Waals surface area contributed by atoms with Crippen LogP contribution in [0.1, 0.15) is 24.0 Å². The van der Waals surface area contributed by atoms with Crippen LogP contribution in [0.3, 0.4) is 0 Å². The number of nitrogens with zero attached hydrogens (tertiary/aromatic N) is 4. The minimum absolute atomic E-state index is 0.0255. The van der Waals surface area contributed by atoms with Gasteiger partial charge in [-0.3, -0.25) is 9.78 Å². The molecule has 3 heterocycles. The molecule has 33 heavy (non-hydrogen) atoms. The van der Waals surface area contributed by atoms with E-state index in [0.29, 0.717) is 12.4 Å². The molecule has 0 aliphatic carbocycles. The second-order valence-corrected chi connectivity index (χ2v) is 8.59. The zero-order valence-electron chi connectivity index (χ0n) is 18.7. The number of carbonyl (C=O) groups excluding carboxylic acids is 1. The Morgan fingerprint density at radius 1 is 1.00 bits per heavy atom. The van der Waals surface area contributed by atoms with E-state index >= 15 is 0 Å². The lowest BCUT2D eigenvalue weighted by atomic mass is 9.95. The first kappa shape index (κ1) is 21.1. The summed E-state index contributed by atoms with van der Waals surface area (Å²) in [6, 6.07) is 20.3. The molecule has 6 heteroatoms. The van der Waals surface area contributed by atoms with Crippen LogP contribution < -0.4 is 10.2 Å². The maximum absolute atomic E-state index is 12.8. The van der Waals surface area contributed by atoms with Gasteiger partial charge in [-0.15, -0.1) is 0 Å². The molecule has 5 rings (SSSR count). The molecule has 0 unspecified atom stereocenters. The van der Waals surface area contributed by atoms with Crippen molar-refractivity contribution in [1.82, 2.24) is 20.3 Å². The number of piperidine rings is 1. The third kappa shape index (κ3) is 4.70. The molecule has 1 aliphatic rings. The molecule has 1 fully saturated rings. The van der Waals surface area contributed by atoms with E-state index in [1.54, 1.807) is 12.4 Å². The number of amides is 1. The van der Waals surface area contributed by atoms with Crippen molar-refractivity contribution in [2.75, 3.05) is 18.0 Å². The Labute approximate surface area is 193 Å². The zero-order chi connectivity index (χ0) is 22.6. The van der Waals surface area contributed by atoms with E-state index in [9.17, 15) is 4.79 Å². The van der Waals surface area contributed by atoms with Gasteiger partial charge in [0.25, 0.3) is 0 Å². The summed E-state index contributed by atoms with van der Waals surface area (Å²) in [6.45, 7) is 4.22. The van der Waals surface area contributed by atoms with Crippen LogP contribution in [0.2, 0.25) is 0 Å². The fraction of sp³-hybridized carbons (Fsp3) is 0.259. The highest BCUT2D eigenvalue weighted by Gasteiger charge is 2.27. The number of carbonyl (C=O) groups is 1. The molecule has 2 aromatic heterocycles. The van der Waals surface area contributed by atoms with Crippen LogP contribution in [-0.2, 0) is 11.3 Å². The molecule has 1 saturated heterocycles. The van der Waals surface area contributed by atoms with Crippen LogP contribution in [0.5, 0.6) is 0 Å². The lowest BCUT2D eigenvalue weighted by Gasteiger charge is -2.33. The number of aromatic nitrogens is 3. The first-order valence-electron chi connectivity index (χ1n) is 11.4. The molecule has 0 atom stereocenters. The van der Waals surface area contributed by atoms with E-state index in [0.717, 1.165) is 53.8 Å². The molecule has 2 aromatic carbocycles. The van der Waals surface area contributed by atoms with Crippen LogP contribution in [0.4, 0.5) is 5.82 Å². The summed E-state index contributed by atoms with van der Waals surface area (Å²) in [6.07, 6.45) is 5.15. The summed E-state index contributed by atoms with van der Waals surface area (Å²) in [5.74, 6) is 1.77. The van der Waals surface area contributed by atoms with Crippen molar-refractivity contribution >= 4 is 22.6 Å². The molecular weight excluding hydrogens is 410 g/mol. The first-order valence-corrected chi connectivity index (χ1v) is 11.4. The van der Waals surface area contributed by atoms with Gasteiger partial charge in [0.15, 0.2) is 5.82 Å². The zero-order valence-corrected chi connectivity index (χ0v) is 18.7. The fourth-order valence-corrected chi connectivity index (χ4v) is 4.32. The van der Waals surface area contributed by atoms with Gasteiger partial charge in [-0.05, 0) is 49.6 Å². The van der Waals surface area contributed by atoms with Gasteiger partial charge >= 0.3 is 0 Å². The third-order valence-electron chi connectivity index (χ3n) is 6.26. The SMILES string of the molecule is Cc1ccc(CNC(=O)C2CCN(c3nc(-c4cccnc4)nc4ccccc34)CC2)cc1. The number of pyridine rings is 1. The van der Waals surface area contributed by atoms with Gasteiger partial charge in [0.05, 0.1) is 5.52 Å². The maximum Gasteiger partial charge on any atom is 0.223 e. The molecule has 0 bridgehead atoms. The Balaban J connectivity index is 1.30. The van der Waals surface area contributed by atoms with Crippen molar-refractivity contribution in [3.8, 4) is 11.4 Å². The highest BCUT2D eigenvalue weighted by molar-refractivity contribution is 5.91. The number of fused-ring (bicyclic) bond motifs is 1. The normalized spacial score (nSPS) is 14.4. The van der Waals surface area contributed by atoms with Crippen molar-refractivity contribution < 1.29 is 4.79 Å². The molecule has 4 aromatic rings. The number of anilines is 1. The number of rotatable bonds is 5. The number of para-hydroxylation sites is 1. The van der Waals surface area contributed by atoms with E-state index in [-0.39, 0.29) is 11.8 Å². The van der Waals surface area contributed by atoms with Crippen LogP contribution in [0.25, 0.3) is 22.3 Å². The van der Waals surface area contributed by atoms with Crippen LogP contribution >= 0.6 is 0 Å². The van der Waals surface area contributed by atoms with Gasteiger partial charge in [-0.25, -0.2) is 9.97 Å². The quantitative estimate of drug-likeness (QED) is 0.497. The number of hydrogen-bond donors (Lipinski definition) is 1. The van der Waals surface area contributed by atoms with E-state index in [1.165, 1.54) is 5.56 Å². The average molecular weight is 438 g/mol. The summed E-state index contributed by atoms with van der Waals surface area (Å²) in [4.78, 5) is 29.0. The van der Waals surface area contributed by atoms with E-state index in [2.05, 4.69) is 52.5 Å². The summed E-state index contributed by atoms with van der Waals surface area (Å²) in [5.41, 5.74) is 4.16. The summed E-state index contributed by atoms with van der Waals surface area (Å²) in [7, 11) is 0. The minimum atomic E-state index is 0.0255. The predicted molar refractivity (Wildman–Crippen MR) is 131 cm³/mol. The number of hydrogen-bond acceptors (Lipinski definition) is 5. The van der Waals surface area contributed by atoms with Crippen molar-refractivity contribution in [2.45, 2.75) is 26.3 Å². The summed E-state index contributed by atoms with van der Waals surface area (Å²) < 4.78 is 0. The van der Waals surface area contributed by atoms with E-state index in [1.807, 2.05) is 30.3 Å². The summed E-state index contributed by atoms with van der Waals surface area (Å²) in [5, 5.41) is 4.15. The second-order valence-electron chi connectivity index (χ2n) is 8.59. The van der Waals surface area contributed by atoms with Gasteiger partial charge in [0, 0.05) is 48.9 Å². The van der Waals surface area contributed by atoms with Crippen LogP contribution in [0.15, 0.2) is 73.1 Å². The molecular formula is C27H27N5O. The van der Waals surface area contributed by atoms with E-state index < -0.39 is 0 Å². The molecule has 0 radical (unpaired) electrons. The van der Waals surface area contributed by atoms with Crippen molar-refractivity contribution in [2.24, 2.45) is 5.92 Å². The molecule has 0 spiro atoms. The van der Waals surface area contributed by atoms with Gasteiger partial charge in [-0.1, -0.05) is 42.0 Å². The monoisotopic (exact) mass is 437 g/mol. The molecule has 166 valence electrons. The molecule has 1 aliphatic heterocycles. The molecule has 0 saturated carbocycles. The smallest absolute Gasteiger partial charge is 0.223 e. The van der Waals surface area contributed by atoms with Crippen molar-refractivity contribution in [3.63, 3.8) is 0 Å². The first-order chi connectivity index (χ1) is 16.2. The van der Waals surface area contributed by atoms with Gasteiger partial charge in [-0.2, -0.15) is 0 Å².